The Bertz CT molecular complexity index is 1050. The molecule has 2 heterocycles. The largest absolute Gasteiger partial charge is 0.420 e. The van der Waals surface area contributed by atoms with E-state index in [9.17, 15) is 0 Å². The van der Waals surface area contributed by atoms with Crippen molar-refractivity contribution in [3.63, 3.8) is 0 Å². The number of rotatable bonds is 3. The zero-order valence-electron chi connectivity index (χ0n) is 15.9. The van der Waals surface area contributed by atoms with Gasteiger partial charge in [0.15, 0.2) is 0 Å². The first-order chi connectivity index (χ1) is 12.6. The van der Waals surface area contributed by atoms with Gasteiger partial charge >= 0.3 is 0 Å². The zero-order valence-corrected chi connectivity index (χ0v) is 18.3. The number of imidazole rings is 1. The molecule has 4 aromatic rings. The van der Waals surface area contributed by atoms with Crippen molar-refractivity contribution in [3.8, 4) is 22.8 Å². The Morgan fingerprint density at radius 3 is 2.07 bits per heavy atom. The topological polar surface area (TPSA) is 22.8 Å². The maximum atomic E-state index is 4.59. The molecule has 0 aliphatic rings. The molecule has 0 spiro atoms. The molecule has 1 radical (unpaired) electrons. The molecule has 2 aromatic carbocycles. The van der Waals surface area contributed by atoms with Crippen LogP contribution in [0.3, 0.4) is 0 Å². The van der Waals surface area contributed by atoms with Crippen molar-refractivity contribution in [2.45, 2.75) is 27.7 Å². The summed E-state index contributed by atoms with van der Waals surface area (Å²) in [6, 6.07) is 14.8. The Balaban J connectivity index is 0.00000210. The van der Waals surface area contributed by atoms with Crippen LogP contribution in [0.5, 0.6) is 0 Å². The fourth-order valence-corrected chi connectivity index (χ4v) is 3.71. The molecule has 0 aliphatic carbocycles. The van der Waals surface area contributed by atoms with Gasteiger partial charge in [-0.05, 0) is 38.8 Å². The van der Waals surface area contributed by atoms with Gasteiger partial charge in [0.25, 0.3) is 0 Å². The predicted molar refractivity (Wildman–Crippen MR) is 106 cm³/mol. The van der Waals surface area contributed by atoms with Crippen LogP contribution in [-0.2, 0) is 20.1 Å². The van der Waals surface area contributed by atoms with Crippen LogP contribution in [0.15, 0.2) is 61.1 Å². The van der Waals surface area contributed by atoms with E-state index >= 15 is 0 Å². The second kappa shape index (κ2) is 7.67. The number of aromatic nitrogens is 3. The summed E-state index contributed by atoms with van der Waals surface area (Å²) in [5, 5.41) is 0. The molecule has 3 nitrogen and oxygen atoms in total. The minimum absolute atomic E-state index is 0. The third-order valence-corrected chi connectivity index (χ3v) is 4.91. The van der Waals surface area contributed by atoms with E-state index in [0.717, 1.165) is 11.5 Å². The zero-order chi connectivity index (χ0) is 18.3. The first-order valence-electron chi connectivity index (χ1n) is 8.83. The van der Waals surface area contributed by atoms with Crippen LogP contribution in [0.4, 0.5) is 0 Å². The van der Waals surface area contributed by atoms with E-state index < -0.39 is 0 Å². The molecule has 0 atom stereocenters. The van der Waals surface area contributed by atoms with Crippen molar-refractivity contribution in [3.05, 3.63) is 89.5 Å². The summed E-state index contributed by atoms with van der Waals surface area (Å²) in [5.74, 6) is 0.847. The number of para-hydroxylation sites is 1. The van der Waals surface area contributed by atoms with E-state index in [4.69, 9.17) is 0 Å². The first kappa shape index (κ1) is 19.3. The Kier molecular flexibility index (Phi) is 5.50. The van der Waals surface area contributed by atoms with Gasteiger partial charge < -0.3 is 9.13 Å². The van der Waals surface area contributed by atoms with Crippen LogP contribution in [0.2, 0.25) is 0 Å². The minimum Gasteiger partial charge on any atom is -0.420 e. The van der Waals surface area contributed by atoms with E-state index in [1.165, 1.54) is 33.5 Å². The van der Waals surface area contributed by atoms with Crippen LogP contribution in [0, 0.1) is 33.9 Å². The maximum Gasteiger partial charge on any atom is 0.133 e. The van der Waals surface area contributed by atoms with Crippen molar-refractivity contribution >= 4 is 0 Å². The predicted octanol–water partition coefficient (Wildman–Crippen LogP) is 5.36. The second-order valence-electron chi connectivity index (χ2n) is 6.83. The molecule has 0 fully saturated rings. The molecule has 0 saturated heterocycles. The fourth-order valence-electron chi connectivity index (χ4n) is 3.71. The summed E-state index contributed by atoms with van der Waals surface area (Å²) < 4.78 is 4.11. The smallest absolute Gasteiger partial charge is 0.133 e. The van der Waals surface area contributed by atoms with Crippen molar-refractivity contribution in [2.75, 3.05) is 0 Å². The number of hydrogen-bond donors (Lipinski definition) is 0. The standard InChI is InChI=1S/C23H22N3.Ir/c1-16-7-5-8-17(2)21(16)20-11-13-25(15-20)23-24-12-14-26(23)22-18(3)9-6-10-19(22)4;/h5-12,14-15H,1-4H3;/q-1;. The summed E-state index contributed by atoms with van der Waals surface area (Å²) in [6.45, 7) is 8.57. The van der Waals surface area contributed by atoms with E-state index in [1.54, 1.807) is 0 Å². The van der Waals surface area contributed by atoms with Crippen LogP contribution < -0.4 is 0 Å². The Morgan fingerprint density at radius 2 is 1.44 bits per heavy atom. The maximum absolute atomic E-state index is 4.59. The minimum atomic E-state index is 0. The van der Waals surface area contributed by atoms with Crippen molar-refractivity contribution in [1.82, 2.24) is 14.1 Å². The van der Waals surface area contributed by atoms with Gasteiger partial charge in [0.05, 0.1) is 0 Å². The number of hydrogen-bond acceptors (Lipinski definition) is 1. The van der Waals surface area contributed by atoms with E-state index in [1.807, 2.05) is 23.0 Å². The Morgan fingerprint density at radius 1 is 0.852 bits per heavy atom. The third kappa shape index (κ3) is 3.43. The van der Waals surface area contributed by atoms with Gasteiger partial charge in [0, 0.05) is 38.2 Å². The molecular formula is C23H22IrN3-. The van der Waals surface area contributed by atoms with Crippen molar-refractivity contribution in [2.24, 2.45) is 0 Å². The SMILES string of the molecule is Cc1cccc(C)c1-c1c[c-]n(-c2nccn2-c2c(C)cccc2C)c1.[Ir]. The van der Waals surface area contributed by atoms with Crippen molar-refractivity contribution in [1.29, 1.82) is 0 Å². The summed E-state index contributed by atoms with van der Waals surface area (Å²) in [4.78, 5) is 4.59. The second-order valence-corrected chi connectivity index (χ2v) is 6.83. The fraction of sp³-hybridized carbons (Fsp3) is 0.174. The number of benzene rings is 2. The average Bonchev–Trinajstić information content (AvgIpc) is 3.24. The average molecular weight is 533 g/mol. The summed E-state index contributed by atoms with van der Waals surface area (Å²) in [6.07, 6.45) is 9.31. The van der Waals surface area contributed by atoms with Crippen LogP contribution >= 0.6 is 0 Å². The monoisotopic (exact) mass is 533 g/mol. The van der Waals surface area contributed by atoms with E-state index in [2.05, 4.69) is 86.0 Å². The molecule has 0 saturated carbocycles. The summed E-state index contributed by atoms with van der Waals surface area (Å²) in [7, 11) is 0. The Labute approximate surface area is 174 Å². The molecule has 0 bridgehead atoms. The molecule has 2 aromatic heterocycles. The Hall–Kier alpha value is -2.42. The molecule has 0 N–H and O–H groups in total. The van der Waals surface area contributed by atoms with Gasteiger partial charge in [-0.2, -0.15) is 0 Å². The molecule has 27 heavy (non-hydrogen) atoms. The van der Waals surface area contributed by atoms with Crippen LogP contribution in [-0.4, -0.2) is 14.1 Å². The van der Waals surface area contributed by atoms with E-state index in [-0.39, 0.29) is 20.1 Å². The summed E-state index contributed by atoms with van der Waals surface area (Å²) in [5.41, 5.74) is 8.61. The van der Waals surface area contributed by atoms with E-state index in [0.29, 0.717) is 0 Å². The quantitative estimate of drug-likeness (QED) is 0.326. The first-order valence-corrected chi connectivity index (χ1v) is 8.83. The van der Waals surface area contributed by atoms with Gasteiger partial charge in [-0.15, -0.1) is 17.8 Å². The van der Waals surface area contributed by atoms with Crippen LogP contribution in [0.25, 0.3) is 22.8 Å². The van der Waals surface area contributed by atoms with Gasteiger partial charge in [-0.1, -0.05) is 59.3 Å². The molecular weight excluding hydrogens is 510 g/mol. The van der Waals surface area contributed by atoms with Crippen molar-refractivity contribution < 1.29 is 20.1 Å². The van der Waals surface area contributed by atoms with Crippen LogP contribution in [0.1, 0.15) is 22.3 Å². The molecule has 0 unspecified atom stereocenters. The number of nitrogens with zero attached hydrogens (tertiary/aromatic N) is 3. The molecule has 0 aliphatic heterocycles. The van der Waals surface area contributed by atoms with Gasteiger partial charge in [-0.3, -0.25) is 4.98 Å². The molecule has 4 heteroatoms. The third-order valence-electron chi connectivity index (χ3n) is 4.91. The summed E-state index contributed by atoms with van der Waals surface area (Å²) >= 11 is 0. The van der Waals surface area contributed by atoms with Gasteiger partial charge in [-0.25, -0.2) is 0 Å². The van der Waals surface area contributed by atoms with Gasteiger partial charge in [0.2, 0.25) is 0 Å². The number of aryl methyl sites for hydroxylation is 4. The normalized spacial score (nSPS) is 10.7. The molecule has 139 valence electrons. The van der Waals surface area contributed by atoms with Gasteiger partial charge in [0.1, 0.15) is 5.95 Å². The molecule has 0 amide bonds. The molecule has 4 rings (SSSR count).